The Bertz CT molecular complexity index is 1630. The third kappa shape index (κ3) is 7.78. The van der Waals surface area contributed by atoms with Gasteiger partial charge in [-0.1, -0.05) is 77.5 Å². The molecule has 1 aromatic heterocycles. The van der Waals surface area contributed by atoms with E-state index in [2.05, 4.69) is 9.60 Å². The molecule has 1 atom stereocenters. The number of aromatic nitrogens is 1. The van der Waals surface area contributed by atoms with Gasteiger partial charge in [-0.15, -0.1) is 0 Å². The lowest BCUT2D eigenvalue weighted by Gasteiger charge is -2.23. The highest BCUT2D eigenvalue weighted by atomic mass is 35.5. The first-order chi connectivity index (χ1) is 19.4. The van der Waals surface area contributed by atoms with Crippen molar-refractivity contribution in [2.45, 2.75) is 37.7 Å². The monoisotopic (exact) mass is 613 g/mol. The van der Waals surface area contributed by atoms with Crippen molar-refractivity contribution in [1.29, 1.82) is 0 Å². The molecule has 0 aliphatic carbocycles. The van der Waals surface area contributed by atoms with Gasteiger partial charge in [-0.3, -0.25) is 9.59 Å². The zero-order chi connectivity index (χ0) is 29.8. The molecule has 41 heavy (non-hydrogen) atoms. The maximum atomic E-state index is 13.7. The third-order valence-electron chi connectivity index (χ3n) is 5.79. The van der Waals surface area contributed by atoms with Gasteiger partial charge in [0.05, 0.1) is 4.90 Å². The van der Waals surface area contributed by atoms with Crippen LogP contribution in [0.2, 0.25) is 5.02 Å². The molecular formula is C29H28ClN3O6S2. The van der Waals surface area contributed by atoms with Crippen molar-refractivity contribution in [2.24, 2.45) is 11.8 Å². The molecule has 4 rings (SSSR count). The quantitative estimate of drug-likeness (QED) is 0.136. The molecule has 214 valence electrons. The van der Waals surface area contributed by atoms with Crippen LogP contribution >= 0.6 is 22.9 Å². The first-order valence-electron chi connectivity index (χ1n) is 12.4. The first kappa shape index (κ1) is 30.4. The maximum absolute atomic E-state index is 13.7. The van der Waals surface area contributed by atoms with E-state index in [0.717, 1.165) is 11.1 Å². The SMILES string of the molecule is CC(C)(C)OC(=O)[C@@H](Cc1ccc(Cl)cc1)C(=O)Nc1sc(-c2ccccc2)nc1-c1ccc(S(=O)(=O)ON)cc1. The molecule has 3 aromatic carbocycles. The molecule has 0 aliphatic heterocycles. The summed E-state index contributed by atoms with van der Waals surface area (Å²) < 4.78 is 33.7. The van der Waals surface area contributed by atoms with E-state index in [0.29, 0.717) is 26.3 Å². The van der Waals surface area contributed by atoms with Crippen molar-refractivity contribution in [2.75, 3.05) is 5.32 Å². The number of carbonyl (C=O) groups excluding carboxylic acids is 2. The van der Waals surface area contributed by atoms with Crippen LogP contribution < -0.4 is 11.2 Å². The van der Waals surface area contributed by atoms with Gasteiger partial charge in [0.15, 0.2) is 0 Å². The Hall–Kier alpha value is -3.61. The second-order valence-electron chi connectivity index (χ2n) is 10.0. The largest absolute Gasteiger partial charge is 0.459 e. The molecule has 0 bridgehead atoms. The highest BCUT2D eigenvalue weighted by Crippen LogP contribution is 2.38. The fourth-order valence-corrected chi connectivity index (χ4v) is 5.55. The number of nitrogens with two attached hydrogens (primary N) is 1. The second kappa shape index (κ2) is 12.5. The van der Waals surface area contributed by atoms with E-state index >= 15 is 0 Å². The summed E-state index contributed by atoms with van der Waals surface area (Å²) >= 11 is 7.24. The molecule has 0 radical (unpaired) electrons. The number of hydrogen-bond donors (Lipinski definition) is 2. The molecule has 0 aliphatic rings. The highest BCUT2D eigenvalue weighted by Gasteiger charge is 2.33. The molecule has 0 unspecified atom stereocenters. The van der Waals surface area contributed by atoms with Crippen LogP contribution in [0.25, 0.3) is 21.8 Å². The van der Waals surface area contributed by atoms with Crippen LogP contribution in [0.1, 0.15) is 26.3 Å². The molecule has 1 heterocycles. The van der Waals surface area contributed by atoms with E-state index in [1.54, 1.807) is 45.0 Å². The summed E-state index contributed by atoms with van der Waals surface area (Å²) in [7, 11) is -4.10. The van der Waals surface area contributed by atoms with Gasteiger partial charge in [0.25, 0.3) is 0 Å². The number of hydrogen-bond acceptors (Lipinski definition) is 9. The van der Waals surface area contributed by atoms with Crippen molar-refractivity contribution in [3.8, 4) is 21.8 Å². The molecule has 0 saturated heterocycles. The van der Waals surface area contributed by atoms with Crippen LogP contribution in [0.5, 0.6) is 0 Å². The molecule has 4 aromatic rings. The van der Waals surface area contributed by atoms with Crippen LogP contribution in [0.4, 0.5) is 5.00 Å². The van der Waals surface area contributed by atoms with Gasteiger partial charge in [0.1, 0.15) is 27.2 Å². The number of nitrogens with one attached hydrogen (secondary N) is 1. The van der Waals surface area contributed by atoms with Gasteiger partial charge >= 0.3 is 16.1 Å². The Morgan fingerprint density at radius 3 is 2.20 bits per heavy atom. The smallest absolute Gasteiger partial charge is 0.319 e. The lowest BCUT2D eigenvalue weighted by Crippen LogP contribution is -2.36. The van der Waals surface area contributed by atoms with Crippen molar-refractivity contribution >= 4 is 49.9 Å². The average Bonchev–Trinajstić information content (AvgIpc) is 3.35. The van der Waals surface area contributed by atoms with E-state index in [1.165, 1.54) is 35.6 Å². The van der Waals surface area contributed by atoms with Crippen LogP contribution in [0, 0.1) is 5.92 Å². The Morgan fingerprint density at radius 2 is 1.61 bits per heavy atom. The number of anilines is 1. The normalized spacial score (nSPS) is 12.5. The molecule has 0 spiro atoms. The predicted octanol–water partition coefficient (Wildman–Crippen LogP) is 5.85. The first-order valence-corrected chi connectivity index (χ1v) is 15.0. The van der Waals surface area contributed by atoms with Gasteiger partial charge in [-0.2, -0.15) is 18.6 Å². The summed E-state index contributed by atoms with van der Waals surface area (Å²) in [4.78, 5) is 31.5. The number of carbonyl (C=O) groups is 2. The minimum atomic E-state index is -4.10. The molecule has 1 amide bonds. The number of esters is 1. The number of rotatable bonds is 9. The lowest BCUT2D eigenvalue weighted by atomic mass is 9.98. The highest BCUT2D eigenvalue weighted by molar-refractivity contribution is 7.86. The predicted molar refractivity (Wildman–Crippen MR) is 159 cm³/mol. The Labute approximate surface area is 247 Å². The number of halogens is 1. The third-order valence-corrected chi connectivity index (χ3v) is 8.16. The molecular weight excluding hydrogens is 586 g/mol. The molecule has 9 nitrogen and oxygen atoms in total. The number of thiazole rings is 1. The molecule has 0 fully saturated rings. The number of nitrogens with zero attached hydrogens (tertiary/aromatic N) is 1. The van der Waals surface area contributed by atoms with Gasteiger partial charge in [0.2, 0.25) is 5.91 Å². The molecule has 0 saturated carbocycles. The zero-order valence-corrected chi connectivity index (χ0v) is 24.8. The van der Waals surface area contributed by atoms with Crippen LogP contribution in [0.3, 0.4) is 0 Å². The molecule has 12 heteroatoms. The Morgan fingerprint density at radius 1 is 0.976 bits per heavy atom. The number of benzene rings is 3. The summed E-state index contributed by atoms with van der Waals surface area (Å²) in [6.45, 7) is 5.19. The zero-order valence-electron chi connectivity index (χ0n) is 22.5. The minimum Gasteiger partial charge on any atom is -0.459 e. The number of amides is 1. The summed E-state index contributed by atoms with van der Waals surface area (Å²) in [6, 6.07) is 22.0. The van der Waals surface area contributed by atoms with Crippen LogP contribution in [0.15, 0.2) is 83.8 Å². The van der Waals surface area contributed by atoms with Gasteiger partial charge in [-0.25, -0.2) is 4.98 Å². The van der Waals surface area contributed by atoms with Crippen molar-refractivity contribution in [1.82, 2.24) is 4.98 Å². The van der Waals surface area contributed by atoms with E-state index in [1.807, 2.05) is 30.3 Å². The minimum absolute atomic E-state index is 0.0865. The summed E-state index contributed by atoms with van der Waals surface area (Å²) in [5.74, 6) is 2.49. The van der Waals surface area contributed by atoms with E-state index < -0.39 is 33.5 Å². The average molecular weight is 614 g/mol. The standard InChI is InChI=1S/C29H28ClN3O6S2/c1-29(2,3)38-28(35)23(17-18-9-13-21(30)14-10-18)25(34)33-27-24(32-26(40-27)20-7-5-4-6-8-20)19-11-15-22(16-12-19)41(36,37)39-31/h4-16,23H,17,31H2,1-3H3,(H,33,34)/t23-/m0/s1. The summed E-state index contributed by atoms with van der Waals surface area (Å²) in [5, 5.41) is 4.41. The summed E-state index contributed by atoms with van der Waals surface area (Å²) in [6.07, 6.45) is 0.0865. The van der Waals surface area contributed by atoms with Crippen molar-refractivity contribution in [3.63, 3.8) is 0 Å². The lowest BCUT2D eigenvalue weighted by molar-refractivity contribution is -0.161. The topological polar surface area (TPSA) is 138 Å². The van der Waals surface area contributed by atoms with Crippen molar-refractivity contribution < 1.29 is 27.0 Å². The van der Waals surface area contributed by atoms with Crippen LogP contribution in [-0.4, -0.2) is 30.9 Å². The van der Waals surface area contributed by atoms with Crippen LogP contribution in [-0.2, 0) is 35.1 Å². The van der Waals surface area contributed by atoms with Gasteiger partial charge < -0.3 is 10.1 Å². The Kier molecular flexibility index (Phi) is 9.25. The molecule has 3 N–H and O–H groups in total. The van der Waals surface area contributed by atoms with E-state index in [-0.39, 0.29) is 11.3 Å². The van der Waals surface area contributed by atoms with E-state index in [9.17, 15) is 18.0 Å². The van der Waals surface area contributed by atoms with E-state index in [4.69, 9.17) is 27.2 Å². The van der Waals surface area contributed by atoms with Gasteiger partial charge in [0, 0.05) is 16.1 Å². The summed E-state index contributed by atoms with van der Waals surface area (Å²) in [5.41, 5.74) is 1.67. The Balaban J connectivity index is 1.72. The fourth-order valence-electron chi connectivity index (χ4n) is 3.85. The van der Waals surface area contributed by atoms with Gasteiger partial charge in [-0.05, 0) is 57.0 Å². The second-order valence-corrected chi connectivity index (χ2v) is 13.1. The maximum Gasteiger partial charge on any atom is 0.319 e. The van der Waals surface area contributed by atoms with Crippen molar-refractivity contribution in [3.05, 3.63) is 89.4 Å². The fraction of sp³-hybridized carbons (Fsp3) is 0.207. The number of ether oxygens (including phenoxy) is 1.